The highest BCUT2D eigenvalue weighted by atomic mass is 16.5. The molecule has 0 bridgehead atoms. The molecule has 0 spiro atoms. The maximum absolute atomic E-state index is 5.38. The molecule has 0 aliphatic carbocycles. The van der Waals surface area contributed by atoms with Crippen LogP contribution >= 0.6 is 0 Å². The zero-order valence-electron chi connectivity index (χ0n) is 5.53. The molecule has 1 rings (SSSR count). The molecule has 48 valence electrons. The molecule has 0 amide bonds. The highest BCUT2D eigenvalue weighted by Crippen LogP contribution is 2.14. The van der Waals surface area contributed by atoms with Gasteiger partial charge in [0.15, 0.2) is 0 Å². The minimum Gasteiger partial charge on any atom is -0.360 e. The first-order chi connectivity index (χ1) is 3.77. The second-order valence-corrected chi connectivity index (χ2v) is 2.36. The second-order valence-electron chi connectivity index (χ2n) is 2.36. The summed E-state index contributed by atoms with van der Waals surface area (Å²) in [6, 6.07) is 0. The van der Waals surface area contributed by atoms with E-state index < -0.39 is 0 Å². The van der Waals surface area contributed by atoms with Gasteiger partial charge in [-0.05, 0) is 13.3 Å². The SMILES string of the molecule is CCC1(C)NCCO1. The molecule has 1 heterocycles. The topological polar surface area (TPSA) is 21.3 Å². The molecule has 0 aromatic rings. The predicted molar refractivity (Wildman–Crippen MR) is 32.7 cm³/mol. The summed E-state index contributed by atoms with van der Waals surface area (Å²) in [7, 11) is 0. The molecule has 1 unspecified atom stereocenters. The maximum Gasteiger partial charge on any atom is 0.116 e. The summed E-state index contributed by atoms with van der Waals surface area (Å²) in [5.74, 6) is 0. The molecule has 1 aliphatic heterocycles. The van der Waals surface area contributed by atoms with Crippen molar-refractivity contribution >= 4 is 0 Å². The summed E-state index contributed by atoms with van der Waals surface area (Å²) < 4.78 is 5.38. The second kappa shape index (κ2) is 2.03. The third-order valence-corrected chi connectivity index (χ3v) is 1.70. The molecule has 2 heteroatoms. The fourth-order valence-electron chi connectivity index (χ4n) is 0.870. The fourth-order valence-corrected chi connectivity index (χ4v) is 0.870. The van der Waals surface area contributed by atoms with Crippen LogP contribution in [0.15, 0.2) is 0 Å². The number of ether oxygens (including phenoxy) is 1. The van der Waals surface area contributed by atoms with Crippen molar-refractivity contribution in [2.75, 3.05) is 13.2 Å². The van der Waals surface area contributed by atoms with Gasteiger partial charge in [-0.15, -0.1) is 0 Å². The zero-order chi connectivity index (χ0) is 6.04. The first-order valence-corrected chi connectivity index (χ1v) is 3.16. The molecular formula is C6H13NO. The Labute approximate surface area is 50.2 Å². The van der Waals surface area contributed by atoms with Crippen LogP contribution in [0, 0.1) is 0 Å². The van der Waals surface area contributed by atoms with Crippen molar-refractivity contribution in [1.82, 2.24) is 5.32 Å². The van der Waals surface area contributed by atoms with Crippen LogP contribution in [-0.4, -0.2) is 18.9 Å². The number of nitrogens with one attached hydrogen (secondary N) is 1. The zero-order valence-corrected chi connectivity index (χ0v) is 5.53. The van der Waals surface area contributed by atoms with Crippen molar-refractivity contribution in [3.8, 4) is 0 Å². The Balaban J connectivity index is 2.40. The summed E-state index contributed by atoms with van der Waals surface area (Å²) in [6.07, 6.45) is 1.05. The smallest absolute Gasteiger partial charge is 0.116 e. The Morgan fingerprint density at radius 3 is 2.75 bits per heavy atom. The lowest BCUT2D eigenvalue weighted by Gasteiger charge is -2.20. The highest BCUT2D eigenvalue weighted by molar-refractivity contribution is 4.74. The molecule has 0 aromatic carbocycles. The van der Waals surface area contributed by atoms with E-state index in [2.05, 4.69) is 19.2 Å². The molecule has 1 atom stereocenters. The maximum atomic E-state index is 5.38. The lowest BCUT2D eigenvalue weighted by Crippen LogP contribution is -2.36. The number of rotatable bonds is 1. The Kier molecular flexibility index (Phi) is 1.54. The first-order valence-electron chi connectivity index (χ1n) is 3.16. The predicted octanol–water partition coefficient (Wildman–Crippen LogP) is 0.732. The minimum absolute atomic E-state index is 0.0139. The lowest BCUT2D eigenvalue weighted by atomic mass is 10.2. The van der Waals surface area contributed by atoms with Gasteiger partial charge in [0.2, 0.25) is 0 Å². The van der Waals surface area contributed by atoms with Gasteiger partial charge >= 0.3 is 0 Å². The van der Waals surface area contributed by atoms with Crippen molar-refractivity contribution in [3.63, 3.8) is 0 Å². The van der Waals surface area contributed by atoms with E-state index in [-0.39, 0.29) is 5.72 Å². The Bertz CT molecular complexity index is 76.6. The van der Waals surface area contributed by atoms with Gasteiger partial charge < -0.3 is 4.74 Å². The fraction of sp³-hybridized carbons (Fsp3) is 1.00. The van der Waals surface area contributed by atoms with E-state index >= 15 is 0 Å². The Hall–Kier alpha value is -0.0800. The molecule has 0 aromatic heterocycles. The Morgan fingerprint density at radius 2 is 2.50 bits per heavy atom. The monoisotopic (exact) mass is 115 g/mol. The van der Waals surface area contributed by atoms with Crippen LogP contribution in [0.2, 0.25) is 0 Å². The third-order valence-electron chi connectivity index (χ3n) is 1.70. The number of hydrogen-bond donors (Lipinski definition) is 1. The van der Waals surface area contributed by atoms with Crippen molar-refractivity contribution in [2.24, 2.45) is 0 Å². The van der Waals surface area contributed by atoms with E-state index in [1.807, 2.05) is 0 Å². The molecule has 1 aliphatic rings. The van der Waals surface area contributed by atoms with E-state index in [0.717, 1.165) is 19.6 Å². The van der Waals surface area contributed by atoms with Gasteiger partial charge in [0, 0.05) is 6.54 Å². The minimum atomic E-state index is -0.0139. The molecular weight excluding hydrogens is 102 g/mol. The van der Waals surface area contributed by atoms with Crippen LogP contribution < -0.4 is 5.32 Å². The highest BCUT2D eigenvalue weighted by Gasteiger charge is 2.25. The van der Waals surface area contributed by atoms with E-state index in [4.69, 9.17) is 4.74 Å². The normalized spacial score (nSPS) is 38.2. The van der Waals surface area contributed by atoms with Crippen LogP contribution in [0.3, 0.4) is 0 Å². The summed E-state index contributed by atoms with van der Waals surface area (Å²) in [4.78, 5) is 0. The quantitative estimate of drug-likeness (QED) is 0.544. The van der Waals surface area contributed by atoms with Gasteiger partial charge in [-0.2, -0.15) is 0 Å². The number of hydrogen-bond acceptors (Lipinski definition) is 2. The van der Waals surface area contributed by atoms with Crippen LogP contribution in [0.25, 0.3) is 0 Å². The molecule has 1 saturated heterocycles. The molecule has 8 heavy (non-hydrogen) atoms. The molecule has 1 fully saturated rings. The molecule has 2 nitrogen and oxygen atoms in total. The van der Waals surface area contributed by atoms with Gasteiger partial charge in [-0.25, -0.2) is 0 Å². The summed E-state index contributed by atoms with van der Waals surface area (Å²) in [6.45, 7) is 6.08. The third kappa shape index (κ3) is 1.01. The van der Waals surface area contributed by atoms with Crippen molar-refractivity contribution < 1.29 is 4.74 Å². The van der Waals surface area contributed by atoms with E-state index in [1.54, 1.807) is 0 Å². The van der Waals surface area contributed by atoms with E-state index in [9.17, 15) is 0 Å². The van der Waals surface area contributed by atoms with Crippen LogP contribution in [0.1, 0.15) is 20.3 Å². The van der Waals surface area contributed by atoms with Gasteiger partial charge in [0.25, 0.3) is 0 Å². The Morgan fingerprint density at radius 1 is 1.75 bits per heavy atom. The van der Waals surface area contributed by atoms with Crippen molar-refractivity contribution in [3.05, 3.63) is 0 Å². The molecule has 0 saturated carbocycles. The van der Waals surface area contributed by atoms with Gasteiger partial charge in [0.1, 0.15) is 5.72 Å². The summed E-state index contributed by atoms with van der Waals surface area (Å²) >= 11 is 0. The molecule has 1 N–H and O–H groups in total. The van der Waals surface area contributed by atoms with E-state index in [1.165, 1.54) is 0 Å². The van der Waals surface area contributed by atoms with Gasteiger partial charge in [0.05, 0.1) is 6.61 Å². The van der Waals surface area contributed by atoms with Crippen LogP contribution in [0.4, 0.5) is 0 Å². The lowest BCUT2D eigenvalue weighted by molar-refractivity contribution is 0.00354. The van der Waals surface area contributed by atoms with E-state index in [0.29, 0.717) is 0 Å². The average Bonchev–Trinajstić information content (AvgIpc) is 2.17. The van der Waals surface area contributed by atoms with Crippen LogP contribution in [0.5, 0.6) is 0 Å². The average molecular weight is 115 g/mol. The largest absolute Gasteiger partial charge is 0.360 e. The van der Waals surface area contributed by atoms with Crippen LogP contribution in [-0.2, 0) is 4.74 Å². The van der Waals surface area contributed by atoms with Gasteiger partial charge in [-0.3, -0.25) is 5.32 Å². The summed E-state index contributed by atoms with van der Waals surface area (Å²) in [5.41, 5.74) is -0.0139. The van der Waals surface area contributed by atoms with Crippen molar-refractivity contribution in [2.45, 2.75) is 26.0 Å². The van der Waals surface area contributed by atoms with Gasteiger partial charge in [-0.1, -0.05) is 6.92 Å². The molecule has 0 radical (unpaired) electrons. The van der Waals surface area contributed by atoms with Crippen molar-refractivity contribution in [1.29, 1.82) is 0 Å². The first kappa shape index (κ1) is 6.05. The standard InChI is InChI=1S/C6H13NO/c1-3-6(2)7-4-5-8-6/h7H,3-5H2,1-2H3. The summed E-state index contributed by atoms with van der Waals surface area (Å²) in [5, 5.41) is 3.26.